The molecule has 0 bridgehead atoms. The zero-order valence-electron chi connectivity index (χ0n) is 10.4. The average Bonchev–Trinajstić information content (AvgIpc) is 2.35. The van der Waals surface area contributed by atoms with Crippen molar-refractivity contribution in [3.05, 3.63) is 29.8 Å². The molecule has 0 radical (unpaired) electrons. The molecule has 3 amide bonds. The van der Waals surface area contributed by atoms with E-state index in [0.717, 1.165) is 5.56 Å². The van der Waals surface area contributed by atoms with E-state index in [9.17, 15) is 9.59 Å². The van der Waals surface area contributed by atoms with Crippen LogP contribution in [0.1, 0.15) is 18.5 Å². The first-order chi connectivity index (χ1) is 8.52. The number of urea groups is 1. The first-order valence-corrected chi connectivity index (χ1v) is 5.52. The largest absolute Gasteiger partial charge is 0.484 e. The van der Waals surface area contributed by atoms with Gasteiger partial charge in [-0.1, -0.05) is 12.1 Å². The molecule has 1 aromatic carbocycles. The number of hydrogen-bond donors (Lipinski definition) is 3. The molecule has 0 aliphatic carbocycles. The Morgan fingerprint density at radius 1 is 1.33 bits per heavy atom. The maximum absolute atomic E-state index is 11.1. The highest BCUT2D eigenvalue weighted by Gasteiger charge is 2.06. The Hall–Kier alpha value is -2.08. The lowest BCUT2D eigenvalue weighted by Gasteiger charge is -2.11. The number of benzene rings is 1. The van der Waals surface area contributed by atoms with E-state index in [-0.39, 0.29) is 12.6 Å². The van der Waals surface area contributed by atoms with Gasteiger partial charge in [-0.3, -0.25) is 10.1 Å². The van der Waals surface area contributed by atoms with Gasteiger partial charge in [-0.25, -0.2) is 4.79 Å². The molecule has 4 N–H and O–H groups in total. The van der Waals surface area contributed by atoms with Crippen molar-refractivity contribution in [3.63, 3.8) is 0 Å². The van der Waals surface area contributed by atoms with E-state index in [1.807, 2.05) is 31.4 Å². The summed E-state index contributed by atoms with van der Waals surface area (Å²) < 4.78 is 5.20. The molecule has 6 heteroatoms. The fourth-order valence-corrected chi connectivity index (χ4v) is 1.34. The van der Waals surface area contributed by atoms with Gasteiger partial charge >= 0.3 is 6.03 Å². The third kappa shape index (κ3) is 4.42. The number of imide groups is 1. The summed E-state index contributed by atoms with van der Waals surface area (Å²) in [7, 11) is 1.88. The highest BCUT2D eigenvalue weighted by atomic mass is 16.5. The number of ether oxygens (including phenoxy) is 1. The van der Waals surface area contributed by atoms with Crippen LogP contribution in [0, 0.1) is 0 Å². The predicted octanol–water partition coefficient (Wildman–Crippen LogP) is 0.541. The van der Waals surface area contributed by atoms with Gasteiger partial charge in [-0.2, -0.15) is 0 Å². The van der Waals surface area contributed by atoms with Gasteiger partial charge in [0.25, 0.3) is 5.91 Å². The van der Waals surface area contributed by atoms with Crippen LogP contribution < -0.4 is 21.1 Å². The van der Waals surface area contributed by atoms with Crippen LogP contribution in [0.4, 0.5) is 4.79 Å². The summed E-state index contributed by atoms with van der Waals surface area (Å²) in [6.07, 6.45) is 0. The van der Waals surface area contributed by atoms with Crippen LogP contribution in [-0.2, 0) is 4.79 Å². The third-order valence-electron chi connectivity index (χ3n) is 2.45. The Bertz CT molecular complexity index is 417. The summed E-state index contributed by atoms with van der Waals surface area (Å²) in [5.41, 5.74) is 5.91. The van der Waals surface area contributed by atoms with Crippen molar-refractivity contribution in [3.8, 4) is 5.75 Å². The average molecular weight is 251 g/mol. The molecule has 6 nitrogen and oxygen atoms in total. The van der Waals surface area contributed by atoms with E-state index in [1.54, 1.807) is 12.1 Å². The highest BCUT2D eigenvalue weighted by molar-refractivity contribution is 5.94. The van der Waals surface area contributed by atoms with Crippen LogP contribution in [-0.4, -0.2) is 25.6 Å². The van der Waals surface area contributed by atoms with Crippen molar-refractivity contribution in [2.75, 3.05) is 13.7 Å². The minimum Gasteiger partial charge on any atom is -0.484 e. The highest BCUT2D eigenvalue weighted by Crippen LogP contribution is 2.16. The first kappa shape index (κ1) is 14.0. The van der Waals surface area contributed by atoms with Crippen molar-refractivity contribution in [1.29, 1.82) is 0 Å². The Morgan fingerprint density at radius 3 is 2.44 bits per heavy atom. The Morgan fingerprint density at radius 2 is 1.94 bits per heavy atom. The molecule has 0 aliphatic heterocycles. The van der Waals surface area contributed by atoms with Gasteiger partial charge in [0.2, 0.25) is 0 Å². The summed E-state index contributed by atoms with van der Waals surface area (Å²) in [5.74, 6) is -0.0168. The van der Waals surface area contributed by atoms with Gasteiger partial charge in [-0.15, -0.1) is 0 Å². The Kier molecular flexibility index (Phi) is 5.13. The molecule has 0 saturated heterocycles. The van der Waals surface area contributed by atoms with Crippen molar-refractivity contribution >= 4 is 11.9 Å². The van der Waals surface area contributed by atoms with E-state index in [1.165, 1.54) is 0 Å². The summed E-state index contributed by atoms with van der Waals surface area (Å²) in [4.78, 5) is 21.5. The molecule has 1 unspecified atom stereocenters. The Balaban J connectivity index is 2.49. The van der Waals surface area contributed by atoms with Crippen molar-refractivity contribution < 1.29 is 14.3 Å². The van der Waals surface area contributed by atoms with Gasteiger partial charge < -0.3 is 15.8 Å². The monoisotopic (exact) mass is 251 g/mol. The molecule has 0 fully saturated rings. The zero-order chi connectivity index (χ0) is 13.5. The first-order valence-electron chi connectivity index (χ1n) is 5.52. The van der Waals surface area contributed by atoms with E-state index < -0.39 is 11.9 Å². The molecular weight excluding hydrogens is 234 g/mol. The maximum Gasteiger partial charge on any atom is 0.318 e. The van der Waals surface area contributed by atoms with Gasteiger partial charge in [-0.05, 0) is 31.7 Å². The fourth-order valence-electron chi connectivity index (χ4n) is 1.34. The van der Waals surface area contributed by atoms with Crippen LogP contribution in [0.15, 0.2) is 24.3 Å². The van der Waals surface area contributed by atoms with Crippen LogP contribution in [0.2, 0.25) is 0 Å². The number of hydrogen-bond acceptors (Lipinski definition) is 4. The summed E-state index contributed by atoms with van der Waals surface area (Å²) in [5, 5.41) is 5.03. The lowest BCUT2D eigenvalue weighted by Crippen LogP contribution is -2.38. The maximum atomic E-state index is 11.1. The summed E-state index contributed by atoms with van der Waals surface area (Å²) >= 11 is 0. The lowest BCUT2D eigenvalue weighted by atomic mass is 10.1. The number of amides is 3. The lowest BCUT2D eigenvalue weighted by molar-refractivity contribution is -0.121. The summed E-state index contributed by atoms with van der Waals surface area (Å²) in [6.45, 7) is 1.79. The molecule has 0 saturated carbocycles. The second kappa shape index (κ2) is 6.61. The number of nitrogens with one attached hydrogen (secondary N) is 2. The standard InChI is InChI=1S/C12H17N3O3/c1-8(14-2)9-3-5-10(6-4-9)18-7-11(16)15-12(13)17/h3-6,8,14H,7H2,1-2H3,(H3,13,15,16,17). The van der Waals surface area contributed by atoms with E-state index in [4.69, 9.17) is 10.5 Å². The number of rotatable bonds is 5. The van der Waals surface area contributed by atoms with E-state index in [2.05, 4.69) is 5.32 Å². The van der Waals surface area contributed by atoms with Gasteiger partial charge in [0.1, 0.15) is 5.75 Å². The third-order valence-corrected chi connectivity index (χ3v) is 2.45. The molecule has 18 heavy (non-hydrogen) atoms. The number of nitrogens with two attached hydrogens (primary N) is 1. The van der Waals surface area contributed by atoms with Crippen molar-refractivity contribution in [2.45, 2.75) is 13.0 Å². The number of carbonyl (C=O) groups excluding carboxylic acids is 2. The second-order valence-electron chi connectivity index (χ2n) is 3.78. The van der Waals surface area contributed by atoms with Gasteiger partial charge in [0, 0.05) is 6.04 Å². The summed E-state index contributed by atoms with van der Waals surface area (Å²) in [6, 6.07) is 6.70. The van der Waals surface area contributed by atoms with Gasteiger partial charge in [0.05, 0.1) is 0 Å². The fraction of sp³-hybridized carbons (Fsp3) is 0.333. The number of carbonyl (C=O) groups is 2. The van der Waals surface area contributed by atoms with Crippen LogP contribution in [0.3, 0.4) is 0 Å². The topological polar surface area (TPSA) is 93.4 Å². The predicted molar refractivity (Wildman–Crippen MR) is 67.1 cm³/mol. The van der Waals surface area contributed by atoms with Crippen LogP contribution in [0.25, 0.3) is 0 Å². The SMILES string of the molecule is CNC(C)c1ccc(OCC(=O)NC(N)=O)cc1. The molecule has 0 aromatic heterocycles. The molecular formula is C12H17N3O3. The minimum atomic E-state index is -0.887. The Labute approximate surface area is 105 Å². The molecule has 1 aromatic rings. The molecule has 0 aliphatic rings. The van der Waals surface area contributed by atoms with E-state index >= 15 is 0 Å². The van der Waals surface area contributed by atoms with Crippen LogP contribution in [0.5, 0.6) is 5.75 Å². The molecule has 1 atom stereocenters. The zero-order valence-corrected chi connectivity index (χ0v) is 10.4. The van der Waals surface area contributed by atoms with Crippen molar-refractivity contribution in [2.24, 2.45) is 5.73 Å². The normalized spacial score (nSPS) is 11.7. The molecule has 0 spiro atoms. The molecule has 0 heterocycles. The van der Waals surface area contributed by atoms with Crippen molar-refractivity contribution in [1.82, 2.24) is 10.6 Å². The second-order valence-corrected chi connectivity index (χ2v) is 3.78. The molecule has 98 valence electrons. The van der Waals surface area contributed by atoms with E-state index in [0.29, 0.717) is 5.75 Å². The molecule has 1 rings (SSSR count). The minimum absolute atomic E-state index is 0.246. The quantitative estimate of drug-likeness (QED) is 0.712. The smallest absolute Gasteiger partial charge is 0.318 e. The van der Waals surface area contributed by atoms with Gasteiger partial charge in [0.15, 0.2) is 6.61 Å². The van der Waals surface area contributed by atoms with Crippen LogP contribution >= 0.6 is 0 Å². The number of primary amides is 1.